The zero-order valence-electron chi connectivity index (χ0n) is 39.6. The first kappa shape index (κ1) is 40.5. The number of hydrogen-bond donors (Lipinski definition) is 0. The Hall–Kier alpha value is -5.26. The number of thiophene rings is 1. The third-order valence-corrected chi connectivity index (χ3v) is 16.2. The molecule has 11 rings (SSSR count). The Morgan fingerprint density at radius 1 is 0.540 bits per heavy atom. The minimum atomic E-state index is -0.123. The van der Waals surface area contributed by atoms with Crippen LogP contribution in [0.3, 0.4) is 0 Å². The first-order valence-corrected chi connectivity index (χ1v) is 24.0. The summed E-state index contributed by atoms with van der Waals surface area (Å²) >= 11 is 2.03. The molecule has 6 aromatic carbocycles. The summed E-state index contributed by atoms with van der Waals surface area (Å²) in [6.07, 6.45) is 2.38. The lowest BCUT2D eigenvalue weighted by molar-refractivity contribution is 0.332. The number of furan rings is 1. The third kappa shape index (κ3) is 6.04. The number of rotatable bonds is 2. The summed E-state index contributed by atoms with van der Waals surface area (Å²) in [5.74, 6) is 0. The maximum atomic E-state index is 6.90. The molecular formula is C58H61BN2OS. The van der Waals surface area contributed by atoms with Gasteiger partial charge in [0.1, 0.15) is 5.58 Å². The molecule has 5 heteroatoms. The Kier molecular flexibility index (Phi) is 8.46. The molecule has 0 spiro atoms. The fraction of sp³-hybridized carbons (Fsp3) is 0.345. The molecular weight excluding hydrogens is 784 g/mol. The molecule has 0 fully saturated rings. The Morgan fingerprint density at radius 3 is 1.81 bits per heavy atom. The van der Waals surface area contributed by atoms with Crippen molar-refractivity contribution in [1.82, 2.24) is 0 Å². The van der Waals surface area contributed by atoms with Crippen LogP contribution in [0.2, 0.25) is 0 Å². The van der Waals surface area contributed by atoms with Gasteiger partial charge in [-0.1, -0.05) is 145 Å². The van der Waals surface area contributed by atoms with Gasteiger partial charge in [0, 0.05) is 48.4 Å². The van der Waals surface area contributed by atoms with E-state index in [1.807, 2.05) is 11.3 Å². The maximum Gasteiger partial charge on any atom is 0.264 e. The molecule has 0 bridgehead atoms. The lowest BCUT2D eigenvalue weighted by atomic mass is 9.36. The smallest absolute Gasteiger partial charge is 0.264 e. The molecule has 8 aromatic rings. The number of para-hydroxylation sites is 2. The van der Waals surface area contributed by atoms with Crippen molar-refractivity contribution in [2.75, 3.05) is 9.80 Å². The molecule has 2 aliphatic heterocycles. The second kappa shape index (κ2) is 13.2. The van der Waals surface area contributed by atoms with Gasteiger partial charge in [-0.05, 0) is 133 Å². The molecule has 0 N–H and O–H groups in total. The van der Waals surface area contributed by atoms with Gasteiger partial charge in [-0.15, -0.1) is 11.3 Å². The van der Waals surface area contributed by atoms with Gasteiger partial charge in [-0.2, -0.15) is 0 Å². The van der Waals surface area contributed by atoms with Crippen molar-refractivity contribution in [1.29, 1.82) is 0 Å². The molecule has 3 nitrogen and oxygen atoms in total. The van der Waals surface area contributed by atoms with Crippen LogP contribution in [0.25, 0.3) is 32.0 Å². The molecule has 3 aliphatic rings. The van der Waals surface area contributed by atoms with Crippen LogP contribution in [0.4, 0.5) is 34.1 Å². The number of nitrogens with zero attached hydrogens (tertiary/aromatic N) is 2. The van der Waals surface area contributed by atoms with E-state index >= 15 is 0 Å². The highest BCUT2D eigenvalue weighted by Crippen LogP contribution is 2.54. The second-order valence-electron chi connectivity index (χ2n) is 23.3. The lowest BCUT2D eigenvalue weighted by Gasteiger charge is -2.44. The SMILES string of the molecule is CC(C)(C)c1ccc(N2c3cc(C(C)(C)C)cc4c3B(c3cc(C(C)(C)C)ccc3N4c3cccc4c3oc3ccccc34)c3sc4cc5c(cc4c32)C(C)(C)CCC5(C)C)cc1. The quantitative estimate of drug-likeness (QED) is 0.162. The van der Waals surface area contributed by atoms with E-state index in [0.29, 0.717) is 0 Å². The third-order valence-electron chi connectivity index (χ3n) is 15.0. The maximum absolute atomic E-state index is 6.90. The summed E-state index contributed by atoms with van der Waals surface area (Å²) in [4.78, 5) is 5.22. The van der Waals surface area contributed by atoms with Crippen molar-refractivity contribution < 1.29 is 4.42 Å². The average Bonchev–Trinajstić information content (AvgIpc) is 3.79. The van der Waals surface area contributed by atoms with Crippen LogP contribution in [0.1, 0.15) is 131 Å². The summed E-state index contributed by atoms with van der Waals surface area (Å²) in [5, 5.41) is 3.66. The Bertz CT molecular complexity index is 3190. The first-order valence-electron chi connectivity index (χ1n) is 23.2. The van der Waals surface area contributed by atoms with Crippen molar-refractivity contribution in [2.24, 2.45) is 0 Å². The molecule has 63 heavy (non-hydrogen) atoms. The van der Waals surface area contributed by atoms with Crippen molar-refractivity contribution in [2.45, 2.75) is 130 Å². The minimum absolute atomic E-state index is 0.0305. The Labute approximate surface area is 379 Å². The van der Waals surface area contributed by atoms with Gasteiger partial charge in [-0.25, -0.2) is 0 Å². The number of fused-ring (bicyclic) bond motifs is 10. The van der Waals surface area contributed by atoms with E-state index < -0.39 is 0 Å². The summed E-state index contributed by atoms with van der Waals surface area (Å²) in [5.41, 5.74) is 19.0. The van der Waals surface area contributed by atoms with Gasteiger partial charge in [0.25, 0.3) is 6.71 Å². The van der Waals surface area contributed by atoms with E-state index in [-0.39, 0.29) is 33.8 Å². The molecule has 0 saturated carbocycles. The number of anilines is 6. The predicted molar refractivity (Wildman–Crippen MR) is 275 cm³/mol. The van der Waals surface area contributed by atoms with Crippen LogP contribution in [0.15, 0.2) is 114 Å². The monoisotopic (exact) mass is 844 g/mol. The van der Waals surface area contributed by atoms with E-state index in [0.717, 1.165) is 27.6 Å². The average molecular weight is 845 g/mol. The highest BCUT2D eigenvalue weighted by atomic mass is 32.1. The highest BCUT2D eigenvalue weighted by Gasteiger charge is 2.47. The van der Waals surface area contributed by atoms with Crippen molar-refractivity contribution in [3.8, 4) is 0 Å². The zero-order valence-corrected chi connectivity index (χ0v) is 40.4. The zero-order chi connectivity index (χ0) is 44.3. The van der Waals surface area contributed by atoms with Crippen LogP contribution < -0.4 is 25.5 Å². The Balaban J connectivity index is 1.30. The van der Waals surface area contributed by atoms with Gasteiger partial charge >= 0.3 is 0 Å². The molecule has 0 amide bonds. The molecule has 1 aliphatic carbocycles. The van der Waals surface area contributed by atoms with Gasteiger partial charge in [0.15, 0.2) is 5.58 Å². The number of hydrogen-bond acceptors (Lipinski definition) is 4. The van der Waals surface area contributed by atoms with E-state index in [4.69, 9.17) is 4.42 Å². The summed E-state index contributed by atoms with van der Waals surface area (Å²) in [6.45, 7) is 31.0. The first-order chi connectivity index (χ1) is 29.6. The van der Waals surface area contributed by atoms with Gasteiger partial charge in [0.2, 0.25) is 0 Å². The minimum Gasteiger partial charge on any atom is -0.454 e. The van der Waals surface area contributed by atoms with Gasteiger partial charge in [-0.3, -0.25) is 0 Å². The lowest BCUT2D eigenvalue weighted by Crippen LogP contribution is -2.60. The summed E-state index contributed by atoms with van der Waals surface area (Å²) in [6, 6.07) is 42.3. The van der Waals surface area contributed by atoms with Crippen LogP contribution in [-0.2, 0) is 27.1 Å². The van der Waals surface area contributed by atoms with Gasteiger partial charge < -0.3 is 14.2 Å². The summed E-state index contributed by atoms with van der Waals surface area (Å²) < 4.78 is 9.71. The topological polar surface area (TPSA) is 19.6 Å². The summed E-state index contributed by atoms with van der Waals surface area (Å²) in [7, 11) is 0. The molecule has 0 radical (unpaired) electrons. The van der Waals surface area contributed by atoms with E-state index in [9.17, 15) is 0 Å². The molecule has 4 heterocycles. The van der Waals surface area contributed by atoms with E-state index in [2.05, 4.69) is 209 Å². The largest absolute Gasteiger partial charge is 0.454 e. The molecule has 2 aromatic heterocycles. The molecule has 318 valence electrons. The van der Waals surface area contributed by atoms with E-state index in [1.54, 1.807) is 0 Å². The number of benzene rings is 6. The molecule has 0 unspecified atom stereocenters. The standard InChI is InChI=1S/C58H61BN2OS/c1-54(2,3)34-21-24-37(25-22-34)60-46-30-36(56(7,8)9)31-47-50(46)59(53-51(60)40-32-41-42(33-49(40)63-53)58(12,13)28-27-57(41,10)11)43-29-35(55(4,5)6)23-26-44(43)61(47)45-19-16-18-39-38-17-14-15-20-48(38)62-52(39)45/h14-26,29-33H,27-28H2,1-13H3. The van der Waals surface area contributed by atoms with Crippen LogP contribution in [-0.4, -0.2) is 6.71 Å². The van der Waals surface area contributed by atoms with Crippen molar-refractivity contribution in [3.63, 3.8) is 0 Å². The van der Waals surface area contributed by atoms with E-state index in [1.165, 1.54) is 94.9 Å². The van der Waals surface area contributed by atoms with Crippen LogP contribution in [0.5, 0.6) is 0 Å². The fourth-order valence-corrected chi connectivity index (χ4v) is 12.3. The van der Waals surface area contributed by atoms with Gasteiger partial charge in [0.05, 0.1) is 11.4 Å². The molecule has 0 atom stereocenters. The van der Waals surface area contributed by atoms with Crippen LogP contribution in [0, 0.1) is 0 Å². The van der Waals surface area contributed by atoms with Crippen molar-refractivity contribution >= 4 is 99.9 Å². The fourth-order valence-electron chi connectivity index (χ4n) is 11.0. The normalized spacial score (nSPS) is 16.7. The second-order valence-corrected chi connectivity index (χ2v) is 24.4. The highest BCUT2D eigenvalue weighted by molar-refractivity contribution is 7.33. The van der Waals surface area contributed by atoms with Crippen molar-refractivity contribution in [3.05, 3.63) is 137 Å². The Morgan fingerprint density at radius 2 is 1.14 bits per heavy atom. The predicted octanol–water partition coefficient (Wildman–Crippen LogP) is 15.1. The van der Waals surface area contributed by atoms with Crippen LogP contribution >= 0.6 is 11.3 Å². The molecule has 0 saturated heterocycles.